The fraction of sp³-hybridized carbons (Fsp3) is 0.562. The molecule has 1 saturated heterocycles. The molecule has 1 aliphatic heterocycles. The predicted molar refractivity (Wildman–Crippen MR) is 91.0 cm³/mol. The van der Waals surface area contributed by atoms with Crippen LogP contribution >= 0.6 is 22.6 Å². The number of carbonyl (C=O) groups excluding carboxylic acids is 1. The molecule has 1 heterocycles. The Balaban J connectivity index is 1.79. The lowest BCUT2D eigenvalue weighted by molar-refractivity contribution is 0.0910. The van der Waals surface area contributed by atoms with E-state index in [1.165, 1.54) is 19.4 Å². The van der Waals surface area contributed by atoms with Crippen LogP contribution in [0.1, 0.15) is 43.0 Å². The summed E-state index contributed by atoms with van der Waals surface area (Å²) in [6.07, 6.45) is 4.67. The average molecular weight is 386 g/mol. The lowest BCUT2D eigenvalue weighted by Gasteiger charge is -2.32. The summed E-state index contributed by atoms with van der Waals surface area (Å²) in [4.78, 5) is 14.7. The number of unbranched alkanes of at least 4 members (excludes halogenated alkanes) is 1. The monoisotopic (exact) mass is 386 g/mol. The molecule has 110 valence electrons. The quantitative estimate of drug-likeness (QED) is 0.788. The van der Waals surface area contributed by atoms with E-state index in [1.807, 2.05) is 24.3 Å². The number of hydrogen-bond donors (Lipinski definition) is 1. The highest BCUT2D eigenvalue weighted by atomic mass is 127. The Hall–Kier alpha value is -0.620. The topological polar surface area (TPSA) is 32.3 Å². The second-order valence-electron chi connectivity index (χ2n) is 5.45. The van der Waals surface area contributed by atoms with Crippen molar-refractivity contribution in [2.24, 2.45) is 0 Å². The van der Waals surface area contributed by atoms with E-state index in [9.17, 15) is 4.79 Å². The van der Waals surface area contributed by atoms with Gasteiger partial charge in [-0.2, -0.15) is 0 Å². The molecule has 20 heavy (non-hydrogen) atoms. The summed E-state index contributed by atoms with van der Waals surface area (Å²) < 4.78 is 1.10. The molecule has 0 radical (unpaired) electrons. The average Bonchev–Trinajstić information content (AvgIpc) is 2.46. The van der Waals surface area contributed by atoms with Crippen LogP contribution in [-0.4, -0.2) is 36.5 Å². The maximum atomic E-state index is 12.2. The SMILES string of the molecule is CCCCN1CCC(NC(=O)c2cccc(I)c2)CC1. The standard InChI is InChI=1S/C16H23IN2O/c1-2-3-9-19-10-7-15(8-11-19)18-16(20)13-5-4-6-14(17)12-13/h4-6,12,15H,2-3,7-11H2,1H3,(H,18,20). The first-order valence-electron chi connectivity index (χ1n) is 7.48. The Morgan fingerprint density at radius 1 is 1.40 bits per heavy atom. The number of hydrogen-bond acceptors (Lipinski definition) is 2. The van der Waals surface area contributed by atoms with Crippen molar-refractivity contribution in [3.63, 3.8) is 0 Å². The first-order chi connectivity index (χ1) is 9.69. The zero-order valence-corrected chi connectivity index (χ0v) is 14.2. The summed E-state index contributed by atoms with van der Waals surface area (Å²) >= 11 is 2.24. The number of likely N-dealkylation sites (tertiary alicyclic amines) is 1. The third-order valence-corrected chi connectivity index (χ3v) is 4.51. The molecule has 1 N–H and O–H groups in total. The molecule has 0 unspecified atom stereocenters. The van der Waals surface area contributed by atoms with Crippen molar-refractivity contribution in [1.82, 2.24) is 10.2 Å². The predicted octanol–water partition coefficient (Wildman–Crippen LogP) is 3.29. The maximum absolute atomic E-state index is 12.2. The van der Waals surface area contributed by atoms with Gasteiger partial charge in [-0.05, 0) is 66.6 Å². The van der Waals surface area contributed by atoms with Crippen LogP contribution in [0.5, 0.6) is 0 Å². The zero-order chi connectivity index (χ0) is 14.4. The van der Waals surface area contributed by atoms with Crippen LogP contribution in [-0.2, 0) is 0 Å². The van der Waals surface area contributed by atoms with Gasteiger partial charge in [-0.25, -0.2) is 0 Å². The fourth-order valence-electron chi connectivity index (χ4n) is 2.58. The van der Waals surface area contributed by atoms with Crippen molar-refractivity contribution in [3.05, 3.63) is 33.4 Å². The molecule has 0 aromatic heterocycles. The summed E-state index contributed by atoms with van der Waals surface area (Å²) in [6.45, 7) is 5.65. The fourth-order valence-corrected chi connectivity index (χ4v) is 3.12. The second kappa shape index (κ2) is 7.98. The van der Waals surface area contributed by atoms with E-state index < -0.39 is 0 Å². The van der Waals surface area contributed by atoms with E-state index in [4.69, 9.17) is 0 Å². The highest BCUT2D eigenvalue weighted by Gasteiger charge is 2.20. The third kappa shape index (κ3) is 4.74. The largest absolute Gasteiger partial charge is 0.349 e. The Kier molecular flexibility index (Phi) is 6.29. The molecule has 1 fully saturated rings. The molecule has 1 aliphatic rings. The molecule has 0 aliphatic carbocycles. The lowest BCUT2D eigenvalue weighted by Crippen LogP contribution is -2.44. The first-order valence-corrected chi connectivity index (χ1v) is 8.55. The smallest absolute Gasteiger partial charge is 0.251 e. The van der Waals surface area contributed by atoms with Gasteiger partial charge in [0.1, 0.15) is 0 Å². The van der Waals surface area contributed by atoms with Gasteiger partial charge in [-0.15, -0.1) is 0 Å². The molecular weight excluding hydrogens is 363 g/mol. The molecular formula is C16H23IN2O. The van der Waals surface area contributed by atoms with Gasteiger partial charge in [-0.3, -0.25) is 4.79 Å². The van der Waals surface area contributed by atoms with Crippen LogP contribution < -0.4 is 5.32 Å². The van der Waals surface area contributed by atoms with Crippen LogP contribution in [0.25, 0.3) is 0 Å². The van der Waals surface area contributed by atoms with Crippen molar-refractivity contribution in [2.75, 3.05) is 19.6 Å². The van der Waals surface area contributed by atoms with Gasteiger partial charge in [0.05, 0.1) is 0 Å². The summed E-state index contributed by atoms with van der Waals surface area (Å²) in [5.74, 6) is 0.0653. The minimum atomic E-state index is 0.0653. The van der Waals surface area contributed by atoms with Gasteiger partial charge in [0.15, 0.2) is 0 Å². The van der Waals surface area contributed by atoms with E-state index in [2.05, 4.69) is 39.7 Å². The first kappa shape index (κ1) is 15.8. The third-order valence-electron chi connectivity index (χ3n) is 3.84. The van der Waals surface area contributed by atoms with Gasteiger partial charge in [-0.1, -0.05) is 19.4 Å². The van der Waals surface area contributed by atoms with Crippen molar-refractivity contribution in [2.45, 2.75) is 38.6 Å². The zero-order valence-electron chi connectivity index (χ0n) is 12.1. The maximum Gasteiger partial charge on any atom is 0.251 e. The van der Waals surface area contributed by atoms with Crippen molar-refractivity contribution in [3.8, 4) is 0 Å². The molecule has 2 rings (SSSR count). The van der Waals surface area contributed by atoms with Crippen molar-refractivity contribution in [1.29, 1.82) is 0 Å². The lowest BCUT2D eigenvalue weighted by atomic mass is 10.0. The van der Waals surface area contributed by atoms with Crippen LogP contribution in [0, 0.1) is 3.57 Å². The van der Waals surface area contributed by atoms with Gasteiger partial charge in [0.25, 0.3) is 5.91 Å². The summed E-state index contributed by atoms with van der Waals surface area (Å²) in [7, 11) is 0. The Morgan fingerprint density at radius 2 is 2.15 bits per heavy atom. The minimum Gasteiger partial charge on any atom is -0.349 e. The normalized spacial score (nSPS) is 17.1. The van der Waals surface area contributed by atoms with E-state index >= 15 is 0 Å². The second-order valence-corrected chi connectivity index (χ2v) is 6.70. The Morgan fingerprint density at radius 3 is 2.80 bits per heavy atom. The Bertz CT molecular complexity index is 442. The molecule has 0 saturated carbocycles. The molecule has 0 spiro atoms. The number of nitrogens with zero attached hydrogens (tertiary/aromatic N) is 1. The van der Waals surface area contributed by atoms with E-state index in [0.29, 0.717) is 6.04 Å². The summed E-state index contributed by atoms with van der Waals surface area (Å²) in [5, 5.41) is 3.17. The highest BCUT2D eigenvalue weighted by Crippen LogP contribution is 2.13. The van der Waals surface area contributed by atoms with Crippen LogP contribution in [0.4, 0.5) is 0 Å². The minimum absolute atomic E-state index is 0.0653. The Labute approximate surface area is 135 Å². The van der Waals surface area contributed by atoms with Crippen molar-refractivity contribution >= 4 is 28.5 Å². The number of benzene rings is 1. The number of piperidine rings is 1. The number of rotatable bonds is 5. The van der Waals surface area contributed by atoms with Crippen molar-refractivity contribution < 1.29 is 4.79 Å². The molecule has 1 amide bonds. The van der Waals surface area contributed by atoms with E-state index in [1.54, 1.807) is 0 Å². The van der Waals surface area contributed by atoms with Crippen LogP contribution in [0.3, 0.4) is 0 Å². The molecule has 0 atom stereocenters. The molecule has 1 aromatic rings. The number of halogens is 1. The molecule has 1 aromatic carbocycles. The van der Waals surface area contributed by atoms with Crippen LogP contribution in [0.2, 0.25) is 0 Å². The highest BCUT2D eigenvalue weighted by molar-refractivity contribution is 14.1. The van der Waals surface area contributed by atoms with Gasteiger partial charge in [0, 0.05) is 28.3 Å². The van der Waals surface area contributed by atoms with E-state index in [0.717, 1.165) is 35.1 Å². The number of amides is 1. The summed E-state index contributed by atoms with van der Waals surface area (Å²) in [6, 6.07) is 8.09. The van der Waals surface area contributed by atoms with Gasteiger partial charge in [0.2, 0.25) is 0 Å². The summed E-state index contributed by atoms with van der Waals surface area (Å²) in [5.41, 5.74) is 0.769. The number of nitrogens with one attached hydrogen (secondary N) is 1. The molecule has 4 heteroatoms. The van der Waals surface area contributed by atoms with E-state index in [-0.39, 0.29) is 5.91 Å². The molecule has 3 nitrogen and oxygen atoms in total. The van der Waals surface area contributed by atoms with Gasteiger partial charge >= 0.3 is 0 Å². The number of carbonyl (C=O) groups is 1. The van der Waals surface area contributed by atoms with Crippen LogP contribution in [0.15, 0.2) is 24.3 Å². The van der Waals surface area contributed by atoms with Gasteiger partial charge < -0.3 is 10.2 Å². The molecule has 0 bridgehead atoms.